The van der Waals surface area contributed by atoms with Gasteiger partial charge in [0, 0.05) is 44.4 Å². The molecule has 1 fully saturated rings. The molecule has 10 heteroatoms. The fourth-order valence-electron chi connectivity index (χ4n) is 3.97. The van der Waals surface area contributed by atoms with Crippen LogP contribution < -0.4 is 15.8 Å². The second-order valence-electron chi connectivity index (χ2n) is 7.90. The van der Waals surface area contributed by atoms with Gasteiger partial charge in [-0.05, 0) is 31.4 Å². The van der Waals surface area contributed by atoms with Gasteiger partial charge in [-0.1, -0.05) is 6.92 Å². The average Bonchev–Trinajstić information content (AvgIpc) is 3.13. The van der Waals surface area contributed by atoms with Crippen molar-refractivity contribution in [2.24, 2.45) is 0 Å². The number of carbonyl (C=O) groups excluding carboxylic acids is 1. The van der Waals surface area contributed by atoms with Crippen LogP contribution in [-0.4, -0.2) is 56.3 Å². The maximum atomic E-state index is 14.4. The fourth-order valence-corrected chi connectivity index (χ4v) is 3.97. The Balaban J connectivity index is 1.46. The minimum Gasteiger partial charge on any atom is -0.389 e. The van der Waals surface area contributed by atoms with Crippen LogP contribution in [-0.2, 0) is 12.8 Å². The van der Waals surface area contributed by atoms with Crippen LogP contribution in [0.5, 0.6) is 0 Å². The number of anilines is 1. The van der Waals surface area contributed by atoms with Gasteiger partial charge in [0.1, 0.15) is 11.3 Å². The molecule has 1 aliphatic rings. The van der Waals surface area contributed by atoms with E-state index in [0.29, 0.717) is 61.4 Å². The Morgan fingerprint density at radius 3 is 2.74 bits per heavy atom. The summed E-state index contributed by atoms with van der Waals surface area (Å²) in [5.41, 5.74) is 1.14. The molecule has 4 rings (SSSR count). The van der Waals surface area contributed by atoms with Crippen LogP contribution >= 0.6 is 0 Å². The Labute approximate surface area is 177 Å². The first-order chi connectivity index (χ1) is 14.8. The Kier molecular flexibility index (Phi) is 5.48. The molecule has 1 saturated heterocycles. The zero-order valence-corrected chi connectivity index (χ0v) is 17.5. The van der Waals surface area contributed by atoms with Crippen molar-refractivity contribution in [3.8, 4) is 0 Å². The number of aromatic amines is 1. The van der Waals surface area contributed by atoms with Gasteiger partial charge in [0.2, 0.25) is 5.95 Å². The molecule has 0 atom stereocenters. The minimum atomic E-state index is -0.978. The molecule has 1 amide bonds. The van der Waals surface area contributed by atoms with Gasteiger partial charge in [0.05, 0.1) is 17.0 Å². The molecule has 0 radical (unpaired) electrons. The first kappa shape index (κ1) is 21.0. The lowest BCUT2D eigenvalue weighted by Crippen LogP contribution is -2.46. The number of hydrogen-bond donors (Lipinski definition) is 3. The van der Waals surface area contributed by atoms with Crippen molar-refractivity contribution in [2.45, 2.75) is 38.2 Å². The number of carbonyl (C=O) groups is 1. The van der Waals surface area contributed by atoms with Crippen molar-refractivity contribution in [3.05, 3.63) is 57.6 Å². The van der Waals surface area contributed by atoms with Crippen LogP contribution in [0.2, 0.25) is 0 Å². The van der Waals surface area contributed by atoms with E-state index in [9.17, 15) is 19.1 Å². The molecule has 0 saturated carbocycles. The highest BCUT2D eigenvalue weighted by Gasteiger charge is 2.34. The summed E-state index contributed by atoms with van der Waals surface area (Å²) in [5.74, 6) is -1.15. The van der Waals surface area contributed by atoms with Crippen molar-refractivity contribution in [3.63, 3.8) is 0 Å². The number of piperidine rings is 1. The second-order valence-corrected chi connectivity index (χ2v) is 7.90. The van der Waals surface area contributed by atoms with Crippen molar-refractivity contribution in [1.82, 2.24) is 24.9 Å². The number of hydrogen-bond acceptors (Lipinski definition) is 6. The predicted molar refractivity (Wildman–Crippen MR) is 113 cm³/mol. The molecule has 0 aliphatic carbocycles. The lowest BCUT2D eigenvalue weighted by atomic mass is 9.87. The number of halogens is 1. The summed E-state index contributed by atoms with van der Waals surface area (Å²) in [6.45, 7) is 2.79. The first-order valence-corrected chi connectivity index (χ1v) is 10.3. The molecule has 0 unspecified atom stereocenters. The smallest absolute Gasteiger partial charge is 0.269 e. The average molecular weight is 428 g/mol. The Hall–Kier alpha value is -3.27. The monoisotopic (exact) mass is 428 g/mol. The van der Waals surface area contributed by atoms with Crippen LogP contribution in [0.1, 0.15) is 41.5 Å². The van der Waals surface area contributed by atoms with E-state index in [1.54, 1.807) is 22.8 Å². The highest BCUT2D eigenvalue weighted by atomic mass is 19.1. The van der Waals surface area contributed by atoms with Crippen LogP contribution in [0.15, 0.2) is 29.2 Å². The lowest BCUT2D eigenvalue weighted by molar-refractivity contribution is 0.0155. The highest BCUT2D eigenvalue weighted by molar-refractivity contribution is 5.92. The zero-order chi connectivity index (χ0) is 22.2. The molecule has 31 heavy (non-hydrogen) atoms. The van der Waals surface area contributed by atoms with E-state index in [1.807, 2.05) is 11.8 Å². The maximum Gasteiger partial charge on any atom is 0.269 e. The number of nitrogens with zero attached hydrogens (tertiary/aromatic N) is 4. The highest BCUT2D eigenvalue weighted by Crippen LogP contribution is 2.30. The number of aryl methyl sites for hydroxylation is 1. The SMILES string of the molecule is CCc1cn2nc(CC3(O)CCN(c4ccc(C(=O)NC)nc4F)CC3)cc2[nH]c1=O. The fraction of sp³-hybridized carbons (Fsp3) is 0.429. The molecule has 0 aromatic carbocycles. The minimum absolute atomic E-state index is 0.0217. The molecular weight excluding hydrogens is 403 g/mol. The van der Waals surface area contributed by atoms with E-state index in [1.165, 1.54) is 13.1 Å². The molecule has 0 spiro atoms. The second kappa shape index (κ2) is 8.10. The molecular formula is C21H25FN6O3. The largest absolute Gasteiger partial charge is 0.389 e. The number of amides is 1. The van der Waals surface area contributed by atoms with Gasteiger partial charge < -0.3 is 20.3 Å². The van der Waals surface area contributed by atoms with E-state index in [2.05, 4.69) is 20.4 Å². The Morgan fingerprint density at radius 2 is 2.10 bits per heavy atom. The van der Waals surface area contributed by atoms with Gasteiger partial charge in [-0.15, -0.1) is 0 Å². The van der Waals surface area contributed by atoms with Crippen LogP contribution in [0.4, 0.5) is 10.1 Å². The Bertz CT molecular complexity index is 1180. The third kappa shape index (κ3) is 4.15. The molecule has 164 valence electrons. The molecule has 3 N–H and O–H groups in total. The molecule has 4 heterocycles. The van der Waals surface area contributed by atoms with E-state index < -0.39 is 17.5 Å². The number of nitrogens with one attached hydrogen (secondary N) is 2. The van der Waals surface area contributed by atoms with Gasteiger partial charge in [-0.3, -0.25) is 9.59 Å². The molecule has 1 aliphatic heterocycles. The van der Waals surface area contributed by atoms with Crippen molar-refractivity contribution in [2.75, 3.05) is 25.0 Å². The number of aliphatic hydroxyl groups is 1. The van der Waals surface area contributed by atoms with Gasteiger partial charge in [-0.25, -0.2) is 9.50 Å². The number of pyridine rings is 1. The number of fused-ring (bicyclic) bond motifs is 1. The maximum absolute atomic E-state index is 14.4. The van der Waals surface area contributed by atoms with Crippen LogP contribution in [0.25, 0.3) is 5.65 Å². The summed E-state index contributed by atoms with van der Waals surface area (Å²) in [6, 6.07) is 4.80. The van der Waals surface area contributed by atoms with Gasteiger partial charge >= 0.3 is 0 Å². The Morgan fingerprint density at radius 1 is 1.35 bits per heavy atom. The van der Waals surface area contributed by atoms with E-state index in [4.69, 9.17) is 0 Å². The van der Waals surface area contributed by atoms with Crippen LogP contribution in [0.3, 0.4) is 0 Å². The molecule has 0 bridgehead atoms. The quantitative estimate of drug-likeness (QED) is 0.524. The molecule has 3 aromatic heterocycles. The lowest BCUT2D eigenvalue weighted by Gasteiger charge is -2.39. The topological polar surface area (TPSA) is 116 Å². The first-order valence-electron chi connectivity index (χ1n) is 10.3. The zero-order valence-electron chi connectivity index (χ0n) is 17.5. The molecule has 3 aromatic rings. The summed E-state index contributed by atoms with van der Waals surface area (Å²) < 4.78 is 16.1. The third-order valence-electron chi connectivity index (χ3n) is 5.81. The van der Waals surface area contributed by atoms with Crippen molar-refractivity contribution < 1.29 is 14.3 Å². The summed E-state index contributed by atoms with van der Waals surface area (Å²) in [4.78, 5) is 32.0. The summed E-state index contributed by atoms with van der Waals surface area (Å²) in [6.07, 6.45) is 3.50. The standard InChI is InChI=1S/C21H25FN6O3/c1-3-13-12-28-17(25-19(13)29)10-14(26-28)11-21(31)6-8-27(9-7-21)16-5-4-15(20(30)23-2)24-18(16)22/h4-5,10,12,31H,3,6-9,11H2,1-2H3,(H,23,30)(H,25,29). The van der Waals surface area contributed by atoms with Gasteiger partial charge in [-0.2, -0.15) is 9.49 Å². The van der Waals surface area contributed by atoms with E-state index in [0.717, 1.165) is 0 Å². The normalized spacial score (nSPS) is 15.9. The van der Waals surface area contributed by atoms with Crippen LogP contribution in [0, 0.1) is 5.95 Å². The van der Waals surface area contributed by atoms with E-state index >= 15 is 0 Å². The number of H-pyrrole nitrogens is 1. The molecule has 9 nitrogen and oxygen atoms in total. The van der Waals surface area contributed by atoms with E-state index in [-0.39, 0.29) is 11.3 Å². The predicted octanol–water partition coefficient (Wildman–Crippen LogP) is 1.05. The third-order valence-corrected chi connectivity index (χ3v) is 5.81. The van der Waals surface area contributed by atoms with Gasteiger partial charge in [0.25, 0.3) is 11.5 Å². The number of rotatable bonds is 5. The van der Waals surface area contributed by atoms with Gasteiger partial charge in [0.15, 0.2) is 0 Å². The summed E-state index contributed by atoms with van der Waals surface area (Å²) in [5, 5.41) is 18.0. The van der Waals surface area contributed by atoms with Crippen molar-refractivity contribution in [1.29, 1.82) is 0 Å². The summed E-state index contributed by atoms with van der Waals surface area (Å²) in [7, 11) is 1.46. The number of aromatic nitrogens is 4. The summed E-state index contributed by atoms with van der Waals surface area (Å²) >= 11 is 0. The van der Waals surface area contributed by atoms with Crippen molar-refractivity contribution >= 4 is 17.2 Å².